The van der Waals surface area contributed by atoms with Crippen LogP contribution in [0, 0.1) is 5.92 Å². The molecule has 0 radical (unpaired) electrons. The zero-order valence-corrected chi connectivity index (χ0v) is 13.2. The Morgan fingerprint density at radius 3 is 2.70 bits per heavy atom. The molecule has 1 aliphatic rings. The lowest BCUT2D eigenvalue weighted by Gasteiger charge is -2.26. The molecule has 4 nitrogen and oxygen atoms in total. The second-order valence-electron chi connectivity index (χ2n) is 6.28. The fourth-order valence-corrected chi connectivity index (χ4v) is 3.14. The Morgan fingerprint density at radius 1 is 1.30 bits per heavy atom. The highest BCUT2D eigenvalue weighted by atomic mass is 16.5. The average molecular weight is 279 g/mol. The maximum atomic E-state index is 5.40. The number of nitrogens with one attached hydrogen (secondary N) is 1. The minimum Gasteiger partial charge on any atom is -0.339 e. The highest BCUT2D eigenvalue weighted by molar-refractivity contribution is 4.98. The second-order valence-corrected chi connectivity index (χ2v) is 6.28. The van der Waals surface area contributed by atoms with E-state index in [1.54, 1.807) is 0 Å². The van der Waals surface area contributed by atoms with Crippen molar-refractivity contribution >= 4 is 0 Å². The predicted octanol–water partition coefficient (Wildman–Crippen LogP) is 3.68. The van der Waals surface area contributed by atoms with Gasteiger partial charge in [0.05, 0.1) is 0 Å². The molecule has 0 bridgehead atoms. The summed E-state index contributed by atoms with van der Waals surface area (Å²) >= 11 is 0. The Kier molecular flexibility index (Phi) is 6.02. The minimum absolute atomic E-state index is 0.495. The normalized spacial score (nSPS) is 24.8. The van der Waals surface area contributed by atoms with Gasteiger partial charge < -0.3 is 9.84 Å². The highest BCUT2D eigenvalue weighted by Crippen LogP contribution is 2.36. The van der Waals surface area contributed by atoms with Crippen LogP contribution in [-0.4, -0.2) is 23.2 Å². The molecule has 1 unspecified atom stereocenters. The Labute approximate surface area is 122 Å². The zero-order valence-electron chi connectivity index (χ0n) is 13.2. The first kappa shape index (κ1) is 15.5. The van der Waals surface area contributed by atoms with Crippen molar-refractivity contribution in [2.45, 2.75) is 77.2 Å². The zero-order chi connectivity index (χ0) is 14.4. The third-order valence-electron chi connectivity index (χ3n) is 4.68. The largest absolute Gasteiger partial charge is 0.339 e. The minimum atomic E-state index is 0.495. The molecule has 0 amide bonds. The topological polar surface area (TPSA) is 51.0 Å². The van der Waals surface area contributed by atoms with Crippen LogP contribution < -0.4 is 5.32 Å². The first-order valence-electron chi connectivity index (χ1n) is 8.22. The number of aromatic nitrogens is 2. The summed E-state index contributed by atoms with van der Waals surface area (Å²) in [6, 6.07) is 0.495. The summed E-state index contributed by atoms with van der Waals surface area (Å²) in [5.74, 6) is 3.21. The fraction of sp³-hybridized carbons (Fsp3) is 0.875. The van der Waals surface area contributed by atoms with Gasteiger partial charge in [-0.2, -0.15) is 4.98 Å². The van der Waals surface area contributed by atoms with Gasteiger partial charge in [0.15, 0.2) is 5.82 Å². The van der Waals surface area contributed by atoms with Crippen molar-refractivity contribution in [2.75, 3.05) is 7.05 Å². The van der Waals surface area contributed by atoms with Gasteiger partial charge in [-0.25, -0.2) is 0 Å². The van der Waals surface area contributed by atoms with Gasteiger partial charge in [-0.1, -0.05) is 24.9 Å². The molecule has 20 heavy (non-hydrogen) atoms. The van der Waals surface area contributed by atoms with Crippen molar-refractivity contribution < 1.29 is 4.52 Å². The van der Waals surface area contributed by atoms with E-state index in [1.165, 1.54) is 38.5 Å². The van der Waals surface area contributed by atoms with E-state index in [9.17, 15) is 0 Å². The first-order valence-corrected chi connectivity index (χ1v) is 8.22. The van der Waals surface area contributed by atoms with Crippen LogP contribution in [0.2, 0.25) is 0 Å². The van der Waals surface area contributed by atoms with E-state index in [2.05, 4.69) is 29.3 Å². The van der Waals surface area contributed by atoms with E-state index in [1.807, 2.05) is 7.05 Å². The third-order valence-corrected chi connectivity index (χ3v) is 4.68. The van der Waals surface area contributed by atoms with Gasteiger partial charge in [-0.15, -0.1) is 0 Å². The van der Waals surface area contributed by atoms with Crippen molar-refractivity contribution in [1.29, 1.82) is 0 Å². The second kappa shape index (κ2) is 7.77. The van der Waals surface area contributed by atoms with E-state index >= 15 is 0 Å². The van der Waals surface area contributed by atoms with Gasteiger partial charge in [0.2, 0.25) is 5.89 Å². The van der Waals surface area contributed by atoms with E-state index in [4.69, 9.17) is 4.52 Å². The van der Waals surface area contributed by atoms with E-state index in [0.717, 1.165) is 30.5 Å². The quantitative estimate of drug-likeness (QED) is 0.827. The molecule has 1 N–H and O–H groups in total. The number of hydrogen-bond acceptors (Lipinski definition) is 4. The molecular weight excluding hydrogens is 250 g/mol. The lowest BCUT2D eigenvalue weighted by atomic mass is 9.80. The number of hydrogen-bond donors (Lipinski definition) is 1. The molecule has 2 rings (SSSR count). The van der Waals surface area contributed by atoms with E-state index in [0.29, 0.717) is 12.0 Å². The Balaban J connectivity index is 1.80. The fourth-order valence-electron chi connectivity index (χ4n) is 3.14. The standard InChI is InChI=1S/C16H29N3O/c1-4-5-13-7-9-14(10-8-13)16-18-15(20-19-16)11-6-12(2)17-3/h12-14,17H,4-11H2,1-3H3. The monoisotopic (exact) mass is 279 g/mol. The van der Waals surface area contributed by atoms with E-state index in [-0.39, 0.29) is 0 Å². The van der Waals surface area contributed by atoms with Crippen LogP contribution in [-0.2, 0) is 6.42 Å². The van der Waals surface area contributed by atoms with Crippen LogP contribution in [0.15, 0.2) is 4.52 Å². The number of rotatable bonds is 7. The van der Waals surface area contributed by atoms with Crippen LogP contribution in [0.4, 0.5) is 0 Å². The summed E-state index contributed by atoms with van der Waals surface area (Å²) in [5, 5.41) is 7.44. The highest BCUT2D eigenvalue weighted by Gasteiger charge is 2.25. The molecular formula is C16H29N3O. The molecule has 0 saturated heterocycles. The van der Waals surface area contributed by atoms with Crippen LogP contribution in [0.3, 0.4) is 0 Å². The summed E-state index contributed by atoms with van der Waals surface area (Å²) in [5.41, 5.74) is 0. The van der Waals surface area contributed by atoms with Crippen molar-refractivity contribution in [2.24, 2.45) is 5.92 Å². The molecule has 1 saturated carbocycles. The summed E-state index contributed by atoms with van der Waals surface area (Å²) in [6.45, 7) is 4.45. The first-order chi connectivity index (χ1) is 9.72. The van der Waals surface area contributed by atoms with Gasteiger partial charge in [0.1, 0.15) is 0 Å². The molecule has 4 heteroatoms. The molecule has 0 aliphatic heterocycles. The maximum Gasteiger partial charge on any atom is 0.226 e. The summed E-state index contributed by atoms with van der Waals surface area (Å²) in [6.07, 6.45) is 9.74. The van der Waals surface area contributed by atoms with Crippen molar-refractivity contribution in [3.05, 3.63) is 11.7 Å². The van der Waals surface area contributed by atoms with Crippen molar-refractivity contribution in [3.8, 4) is 0 Å². The van der Waals surface area contributed by atoms with Crippen LogP contribution >= 0.6 is 0 Å². The van der Waals surface area contributed by atoms with Gasteiger partial charge in [0.25, 0.3) is 0 Å². The van der Waals surface area contributed by atoms with Crippen molar-refractivity contribution in [1.82, 2.24) is 15.5 Å². The van der Waals surface area contributed by atoms with E-state index < -0.39 is 0 Å². The molecule has 1 heterocycles. The molecule has 0 aromatic carbocycles. The Bertz CT molecular complexity index is 383. The predicted molar refractivity (Wildman–Crippen MR) is 80.7 cm³/mol. The summed E-state index contributed by atoms with van der Waals surface area (Å²) in [7, 11) is 1.98. The lowest BCUT2D eigenvalue weighted by molar-refractivity contribution is 0.294. The molecule has 1 fully saturated rings. The molecule has 1 aliphatic carbocycles. The molecule has 1 atom stereocenters. The van der Waals surface area contributed by atoms with Crippen LogP contribution in [0.1, 0.15) is 76.4 Å². The van der Waals surface area contributed by atoms with Crippen molar-refractivity contribution in [3.63, 3.8) is 0 Å². The maximum absolute atomic E-state index is 5.40. The van der Waals surface area contributed by atoms with Gasteiger partial charge >= 0.3 is 0 Å². The summed E-state index contributed by atoms with van der Waals surface area (Å²) < 4.78 is 5.40. The smallest absolute Gasteiger partial charge is 0.226 e. The van der Waals surface area contributed by atoms with Crippen LogP contribution in [0.5, 0.6) is 0 Å². The number of aryl methyl sites for hydroxylation is 1. The molecule has 114 valence electrons. The lowest BCUT2D eigenvalue weighted by Crippen LogP contribution is -2.21. The third kappa shape index (κ3) is 4.30. The van der Waals surface area contributed by atoms with Gasteiger partial charge in [-0.05, 0) is 52.0 Å². The molecule has 1 aromatic rings. The van der Waals surface area contributed by atoms with Gasteiger partial charge in [-0.3, -0.25) is 0 Å². The average Bonchev–Trinajstić information content (AvgIpc) is 2.95. The molecule has 1 aromatic heterocycles. The summed E-state index contributed by atoms with van der Waals surface area (Å²) in [4.78, 5) is 4.61. The number of nitrogens with zero attached hydrogens (tertiary/aromatic N) is 2. The SMILES string of the molecule is CCCC1CCC(c2noc(CCC(C)NC)n2)CC1. The Morgan fingerprint density at radius 2 is 2.05 bits per heavy atom. The van der Waals surface area contributed by atoms with Gasteiger partial charge in [0, 0.05) is 18.4 Å². The Hall–Kier alpha value is -0.900. The molecule has 0 spiro atoms. The van der Waals surface area contributed by atoms with Crippen LogP contribution in [0.25, 0.3) is 0 Å².